The van der Waals surface area contributed by atoms with Gasteiger partial charge < -0.3 is 9.84 Å². The fraction of sp³-hybridized carbons (Fsp3) is 0.167. The van der Waals surface area contributed by atoms with E-state index in [0.29, 0.717) is 20.8 Å². The maximum absolute atomic E-state index is 8.38. The number of aliphatic hydroxyl groups excluding tert-OH is 1. The fourth-order valence-corrected chi connectivity index (χ4v) is 1.48. The van der Waals surface area contributed by atoms with Crippen molar-refractivity contribution in [3.05, 3.63) is 27.2 Å². The number of benzene rings is 1. The second-order valence-electron chi connectivity index (χ2n) is 2.75. The molecule has 0 bridgehead atoms. The van der Waals surface area contributed by atoms with Crippen LogP contribution in [0, 0.1) is 23.7 Å². The third kappa shape index (κ3) is 4.77. The minimum atomic E-state index is -0.214. The summed E-state index contributed by atoms with van der Waals surface area (Å²) in [7, 11) is 0. The normalized spacial score (nSPS) is 8.71. The van der Waals surface area contributed by atoms with Gasteiger partial charge in [0.05, 0.1) is 15.1 Å². The van der Waals surface area contributed by atoms with Crippen LogP contribution in [0.15, 0.2) is 12.1 Å². The van der Waals surface area contributed by atoms with Crippen LogP contribution in [-0.2, 0) is 0 Å². The summed E-state index contributed by atoms with van der Waals surface area (Å²) in [6, 6.07) is 3.02. The lowest BCUT2D eigenvalue weighted by molar-refractivity contribution is 0.350. The Morgan fingerprint density at radius 3 is 2.35 bits per heavy atom. The van der Waals surface area contributed by atoms with Gasteiger partial charge in [-0.1, -0.05) is 40.7 Å². The van der Waals surface area contributed by atoms with Crippen LogP contribution in [0.25, 0.3) is 0 Å². The average molecular weight is 290 g/mol. The highest BCUT2D eigenvalue weighted by Crippen LogP contribution is 2.33. The molecule has 0 aliphatic heterocycles. The van der Waals surface area contributed by atoms with Crippen LogP contribution < -0.4 is 4.74 Å². The van der Waals surface area contributed by atoms with Gasteiger partial charge in [-0.15, -0.1) is 0 Å². The summed E-state index contributed by atoms with van der Waals surface area (Å²) >= 11 is 17.5. The summed E-state index contributed by atoms with van der Waals surface area (Å²) in [6.07, 6.45) is 0. The Labute approximate surface area is 114 Å². The van der Waals surface area contributed by atoms with Crippen molar-refractivity contribution >= 4 is 34.8 Å². The first-order valence-corrected chi connectivity index (χ1v) is 5.62. The van der Waals surface area contributed by atoms with Crippen molar-refractivity contribution in [2.45, 2.75) is 0 Å². The minimum absolute atomic E-state index is 0.123. The number of hydrogen-bond acceptors (Lipinski definition) is 2. The highest BCUT2D eigenvalue weighted by atomic mass is 35.5. The van der Waals surface area contributed by atoms with Gasteiger partial charge in [0.25, 0.3) is 0 Å². The lowest BCUT2D eigenvalue weighted by Crippen LogP contribution is -1.94. The van der Waals surface area contributed by atoms with Crippen LogP contribution in [0.5, 0.6) is 5.75 Å². The predicted molar refractivity (Wildman–Crippen MR) is 69.6 cm³/mol. The molecule has 0 amide bonds. The average Bonchev–Trinajstić information content (AvgIpc) is 2.30. The Bertz CT molecular complexity index is 518. The monoisotopic (exact) mass is 288 g/mol. The maximum Gasteiger partial charge on any atom is 0.150 e. The van der Waals surface area contributed by atoms with Gasteiger partial charge in [0.15, 0.2) is 0 Å². The Balaban J connectivity index is 2.63. The Morgan fingerprint density at radius 2 is 1.65 bits per heavy atom. The molecule has 0 radical (unpaired) electrons. The summed E-state index contributed by atoms with van der Waals surface area (Å²) in [4.78, 5) is 0. The smallest absolute Gasteiger partial charge is 0.150 e. The SMILES string of the molecule is OCC#CC#CCOc1cc(Cl)c(Cl)cc1Cl. The molecular formula is C12H7Cl3O2. The van der Waals surface area contributed by atoms with E-state index in [1.54, 1.807) is 0 Å². The van der Waals surface area contributed by atoms with Crippen LogP contribution in [0.2, 0.25) is 15.1 Å². The molecule has 1 aromatic rings. The van der Waals surface area contributed by atoms with Gasteiger partial charge in [0.2, 0.25) is 0 Å². The van der Waals surface area contributed by atoms with Gasteiger partial charge in [0, 0.05) is 6.07 Å². The maximum atomic E-state index is 8.38. The molecule has 0 unspecified atom stereocenters. The van der Waals surface area contributed by atoms with Crippen molar-refractivity contribution in [3.8, 4) is 29.4 Å². The van der Waals surface area contributed by atoms with Crippen molar-refractivity contribution < 1.29 is 9.84 Å². The number of hydrogen-bond donors (Lipinski definition) is 1. The Hall–Kier alpha value is -1.03. The van der Waals surface area contributed by atoms with E-state index < -0.39 is 0 Å². The number of aliphatic hydroxyl groups is 1. The highest BCUT2D eigenvalue weighted by molar-refractivity contribution is 6.43. The fourth-order valence-electron chi connectivity index (χ4n) is 0.893. The predicted octanol–water partition coefficient (Wildman–Crippen LogP) is 3.02. The van der Waals surface area contributed by atoms with Crippen molar-refractivity contribution in [1.82, 2.24) is 0 Å². The van der Waals surface area contributed by atoms with Crippen LogP contribution in [-0.4, -0.2) is 18.3 Å². The molecule has 5 heteroatoms. The lowest BCUT2D eigenvalue weighted by atomic mass is 10.3. The second-order valence-corrected chi connectivity index (χ2v) is 3.97. The lowest BCUT2D eigenvalue weighted by Gasteiger charge is -2.05. The zero-order valence-corrected chi connectivity index (χ0v) is 10.8. The summed E-state index contributed by atoms with van der Waals surface area (Å²) in [5.41, 5.74) is 0. The zero-order valence-electron chi connectivity index (χ0n) is 8.56. The van der Waals surface area contributed by atoms with E-state index in [9.17, 15) is 0 Å². The van der Waals surface area contributed by atoms with E-state index in [2.05, 4.69) is 23.7 Å². The number of halogens is 3. The summed E-state index contributed by atoms with van der Waals surface area (Å²) < 4.78 is 5.27. The van der Waals surface area contributed by atoms with Crippen LogP contribution >= 0.6 is 34.8 Å². The first kappa shape index (κ1) is 14.0. The molecule has 17 heavy (non-hydrogen) atoms. The Kier molecular flexibility index (Phi) is 6.05. The van der Waals surface area contributed by atoms with Crippen LogP contribution in [0.4, 0.5) is 0 Å². The molecule has 0 atom stereocenters. The first-order valence-electron chi connectivity index (χ1n) is 4.49. The molecule has 0 saturated carbocycles. The van der Waals surface area contributed by atoms with Crippen molar-refractivity contribution in [3.63, 3.8) is 0 Å². The molecule has 1 rings (SSSR count). The molecule has 1 N–H and O–H groups in total. The highest BCUT2D eigenvalue weighted by Gasteiger charge is 2.06. The molecular weight excluding hydrogens is 282 g/mol. The quantitative estimate of drug-likeness (QED) is 0.670. The van der Waals surface area contributed by atoms with E-state index in [4.69, 9.17) is 44.6 Å². The second kappa shape index (κ2) is 7.33. The Morgan fingerprint density at radius 1 is 1.00 bits per heavy atom. The van der Waals surface area contributed by atoms with Gasteiger partial charge in [-0.05, 0) is 23.8 Å². The zero-order chi connectivity index (χ0) is 12.7. The van der Waals surface area contributed by atoms with Gasteiger partial charge in [-0.2, -0.15) is 0 Å². The van der Waals surface area contributed by atoms with Crippen molar-refractivity contribution in [2.75, 3.05) is 13.2 Å². The van der Waals surface area contributed by atoms with Crippen LogP contribution in [0.3, 0.4) is 0 Å². The van der Waals surface area contributed by atoms with E-state index in [1.807, 2.05) is 0 Å². The third-order valence-electron chi connectivity index (χ3n) is 1.59. The standard InChI is InChI=1S/C12H7Cl3O2/c13-9-7-11(15)12(8-10(9)14)17-6-4-2-1-3-5-16/h7-8,16H,5-6H2. The molecule has 2 nitrogen and oxygen atoms in total. The van der Waals surface area contributed by atoms with Gasteiger partial charge in [0.1, 0.15) is 19.0 Å². The number of ether oxygens (including phenoxy) is 1. The van der Waals surface area contributed by atoms with E-state index >= 15 is 0 Å². The topological polar surface area (TPSA) is 29.5 Å². The van der Waals surface area contributed by atoms with Gasteiger partial charge >= 0.3 is 0 Å². The first-order chi connectivity index (χ1) is 8.15. The van der Waals surface area contributed by atoms with Crippen molar-refractivity contribution in [1.29, 1.82) is 0 Å². The minimum Gasteiger partial charge on any atom is -0.479 e. The molecule has 0 spiro atoms. The molecule has 0 heterocycles. The van der Waals surface area contributed by atoms with Crippen LogP contribution in [0.1, 0.15) is 0 Å². The van der Waals surface area contributed by atoms with Crippen molar-refractivity contribution in [2.24, 2.45) is 0 Å². The third-order valence-corrected chi connectivity index (χ3v) is 2.61. The molecule has 0 fully saturated rings. The molecule has 0 aromatic heterocycles. The number of rotatable bonds is 2. The summed E-state index contributed by atoms with van der Waals surface area (Å²) in [6.45, 7) is -0.0913. The summed E-state index contributed by atoms with van der Waals surface area (Å²) in [5.74, 6) is 10.4. The largest absolute Gasteiger partial charge is 0.479 e. The molecule has 0 saturated heterocycles. The van der Waals surface area contributed by atoms with E-state index in [-0.39, 0.29) is 13.2 Å². The van der Waals surface area contributed by atoms with Gasteiger partial charge in [-0.25, -0.2) is 0 Å². The molecule has 1 aromatic carbocycles. The molecule has 0 aliphatic carbocycles. The van der Waals surface area contributed by atoms with Gasteiger partial charge in [-0.3, -0.25) is 0 Å². The molecule has 0 aliphatic rings. The molecule has 88 valence electrons. The van der Waals surface area contributed by atoms with E-state index in [0.717, 1.165) is 0 Å². The van der Waals surface area contributed by atoms with E-state index in [1.165, 1.54) is 12.1 Å². The summed E-state index contributed by atoms with van der Waals surface area (Å²) in [5, 5.41) is 9.47.